The van der Waals surface area contributed by atoms with E-state index in [9.17, 15) is 5.11 Å². The van der Waals surface area contributed by atoms with Gasteiger partial charge >= 0.3 is 0 Å². The van der Waals surface area contributed by atoms with E-state index in [2.05, 4.69) is 28.9 Å². The molecule has 22 heavy (non-hydrogen) atoms. The van der Waals surface area contributed by atoms with Gasteiger partial charge in [0.25, 0.3) is 0 Å². The highest BCUT2D eigenvalue weighted by molar-refractivity contribution is 5.68. The molecule has 1 aliphatic heterocycles. The predicted octanol–water partition coefficient (Wildman–Crippen LogP) is 3.49. The van der Waals surface area contributed by atoms with Crippen LogP contribution in [0.5, 0.6) is 0 Å². The van der Waals surface area contributed by atoms with Crippen LogP contribution in [-0.4, -0.2) is 29.6 Å². The van der Waals surface area contributed by atoms with Crippen LogP contribution in [-0.2, 0) is 0 Å². The molecule has 1 unspecified atom stereocenters. The summed E-state index contributed by atoms with van der Waals surface area (Å²) < 4.78 is 0. The van der Waals surface area contributed by atoms with Crippen molar-refractivity contribution < 1.29 is 5.11 Å². The van der Waals surface area contributed by atoms with Crippen molar-refractivity contribution in [2.45, 2.75) is 18.9 Å². The van der Waals surface area contributed by atoms with E-state index in [1.807, 2.05) is 42.5 Å². The zero-order valence-electron chi connectivity index (χ0n) is 12.7. The highest BCUT2D eigenvalue weighted by Crippen LogP contribution is 2.27. The summed E-state index contributed by atoms with van der Waals surface area (Å²) in [6.45, 7) is 3.02. The summed E-state index contributed by atoms with van der Waals surface area (Å²) in [6, 6.07) is 18.1. The zero-order valence-corrected chi connectivity index (χ0v) is 12.7. The van der Waals surface area contributed by atoms with Gasteiger partial charge in [-0.15, -0.1) is 0 Å². The molecule has 0 saturated carbocycles. The van der Waals surface area contributed by atoms with Crippen LogP contribution in [0, 0.1) is 11.8 Å². The highest BCUT2D eigenvalue weighted by atomic mass is 16.3. The number of hydrogen-bond donors (Lipinski definition) is 1. The molecule has 2 aromatic rings. The Balaban J connectivity index is 1.78. The lowest BCUT2D eigenvalue weighted by molar-refractivity contribution is 0.238. The molecular formula is C20H21NO. The second-order valence-electron chi connectivity index (χ2n) is 5.66. The van der Waals surface area contributed by atoms with Crippen molar-refractivity contribution in [3.63, 3.8) is 0 Å². The maximum atomic E-state index is 10.4. The van der Waals surface area contributed by atoms with Crippen molar-refractivity contribution in [3.8, 4) is 23.0 Å². The molecule has 112 valence electrons. The number of likely N-dealkylation sites (tertiary alicyclic amines) is 1. The normalized spacial score (nSPS) is 16.0. The molecule has 1 N–H and O–H groups in total. The Morgan fingerprint density at radius 2 is 1.64 bits per heavy atom. The fourth-order valence-corrected chi connectivity index (χ4v) is 2.89. The van der Waals surface area contributed by atoms with E-state index >= 15 is 0 Å². The summed E-state index contributed by atoms with van der Waals surface area (Å²) in [5.41, 5.74) is 3.03. The molecule has 0 spiro atoms. The van der Waals surface area contributed by atoms with Crippen molar-refractivity contribution in [2.24, 2.45) is 0 Å². The van der Waals surface area contributed by atoms with Gasteiger partial charge in [0.2, 0.25) is 0 Å². The second kappa shape index (κ2) is 7.26. The van der Waals surface area contributed by atoms with Crippen molar-refractivity contribution in [3.05, 3.63) is 60.2 Å². The summed E-state index contributed by atoms with van der Waals surface area (Å²) >= 11 is 0. The lowest BCUT2D eigenvalue weighted by Crippen LogP contribution is -2.19. The van der Waals surface area contributed by atoms with Crippen molar-refractivity contribution in [2.75, 3.05) is 19.6 Å². The molecule has 1 aliphatic rings. The van der Waals surface area contributed by atoms with Crippen molar-refractivity contribution >= 4 is 0 Å². The lowest BCUT2D eigenvalue weighted by atomic mass is 9.96. The molecule has 0 radical (unpaired) electrons. The minimum atomic E-state index is -0.737. The van der Waals surface area contributed by atoms with Gasteiger partial charge in [-0.1, -0.05) is 66.4 Å². The summed E-state index contributed by atoms with van der Waals surface area (Å²) in [4.78, 5) is 2.34. The third-order valence-corrected chi connectivity index (χ3v) is 4.08. The number of aliphatic hydroxyl groups is 1. The van der Waals surface area contributed by atoms with E-state index in [1.54, 1.807) is 0 Å². The van der Waals surface area contributed by atoms with Gasteiger partial charge in [-0.25, -0.2) is 0 Å². The molecule has 1 atom stereocenters. The molecule has 1 heterocycles. The van der Waals surface area contributed by atoms with E-state index in [1.165, 1.54) is 12.8 Å². The van der Waals surface area contributed by atoms with Crippen LogP contribution < -0.4 is 0 Å². The quantitative estimate of drug-likeness (QED) is 0.875. The molecule has 0 aromatic heterocycles. The average molecular weight is 291 g/mol. The van der Waals surface area contributed by atoms with Crippen molar-refractivity contribution in [1.29, 1.82) is 0 Å². The lowest BCUT2D eigenvalue weighted by Gasteiger charge is -2.12. The fourth-order valence-electron chi connectivity index (χ4n) is 2.89. The maximum Gasteiger partial charge on any atom is 0.140 e. The predicted molar refractivity (Wildman–Crippen MR) is 90.3 cm³/mol. The first-order chi connectivity index (χ1) is 10.8. The molecule has 3 rings (SSSR count). The largest absolute Gasteiger partial charge is 0.376 e. The number of rotatable bonds is 3. The van der Waals surface area contributed by atoms with Gasteiger partial charge < -0.3 is 5.11 Å². The zero-order chi connectivity index (χ0) is 15.2. The number of hydrogen-bond acceptors (Lipinski definition) is 2. The van der Waals surface area contributed by atoms with Gasteiger partial charge in [-0.05, 0) is 37.1 Å². The Labute approximate surface area is 132 Å². The van der Waals surface area contributed by atoms with E-state index in [-0.39, 0.29) is 0 Å². The van der Waals surface area contributed by atoms with E-state index in [0.717, 1.165) is 36.3 Å². The van der Waals surface area contributed by atoms with Crippen LogP contribution in [0.15, 0.2) is 54.6 Å². The molecule has 0 aliphatic carbocycles. The average Bonchev–Trinajstić information content (AvgIpc) is 3.09. The van der Waals surface area contributed by atoms with Crippen LogP contribution in [0.3, 0.4) is 0 Å². The molecule has 1 saturated heterocycles. The van der Waals surface area contributed by atoms with E-state index in [4.69, 9.17) is 0 Å². The number of aliphatic hydroxyl groups excluding tert-OH is 1. The summed E-state index contributed by atoms with van der Waals surface area (Å²) in [7, 11) is 0. The minimum Gasteiger partial charge on any atom is -0.376 e. The molecule has 0 amide bonds. The summed E-state index contributed by atoms with van der Waals surface area (Å²) in [5, 5.41) is 10.4. The Hall–Kier alpha value is -2.08. The van der Waals surface area contributed by atoms with Gasteiger partial charge in [-0.2, -0.15) is 0 Å². The fraction of sp³-hybridized carbons (Fsp3) is 0.300. The van der Waals surface area contributed by atoms with Gasteiger partial charge in [0.05, 0.1) is 6.54 Å². The number of nitrogens with zero attached hydrogens (tertiary/aromatic N) is 1. The summed E-state index contributed by atoms with van der Waals surface area (Å²) in [6.07, 6.45) is 1.79. The molecule has 0 bridgehead atoms. The van der Waals surface area contributed by atoms with Gasteiger partial charge in [0, 0.05) is 5.56 Å². The van der Waals surface area contributed by atoms with Gasteiger partial charge in [0.15, 0.2) is 0 Å². The van der Waals surface area contributed by atoms with Crippen LogP contribution >= 0.6 is 0 Å². The summed E-state index contributed by atoms with van der Waals surface area (Å²) in [5.74, 6) is 6.13. The first-order valence-corrected chi connectivity index (χ1v) is 7.88. The number of benzene rings is 2. The Morgan fingerprint density at radius 3 is 2.41 bits per heavy atom. The molecule has 1 fully saturated rings. The second-order valence-corrected chi connectivity index (χ2v) is 5.66. The molecular weight excluding hydrogens is 270 g/mol. The standard InChI is InChI=1S/C20H21NO/c22-20(13-8-16-21-14-6-7-15-21)19-12-5-4-11-18(19)17-9-2-1-3-10-17/h1-5,9-12,20,22H,6-7,14-16H2. The third-order valence-electron chi connectivity index (χ3n) is 4.08. The Kier molecular flexibility index (Phi) is 4.90. The minimum absolute atomic E-state index is 0.737. The SMILES string of the molecule is OC(C#CCN1CCCC1)c1ccccc1-c1ccccc1. The van der Waals surface area contributed by atoms with Gasteiger partial charge in [0.1, 0.15) is 6.10 Å². The van der Waals surface area contributed by atoms with Crippen LogP contribution in [0.4, 0.5) is 0 Å². The molecule has 2 nitrogen and oxygen atoms in total. The van der Waals surface area contributed by atoms with Crippen molar-refractivity contribution in [1.82, 2.24) is 4.90 Å². The molecule has 2 aromatic carbocycles. The maximum absolute atomic E-state index is 10.4. The topological polar surface area (TPSA) is 23.5 Å². The van der Waals surface area contributed by atoms with Crippen LogP contribution in [0.25, 0.3) is 11.1 Å². The van der Waals surface area contributed by atoms with E-state index in [0.29, 0.717) is 0 Å². The smallest absolute Gasteiger partial charge is 0.140 e. The highest BCUT2D eigenvalue weighted by Gasteiger charge is 2.12. The first-order valence-electron chi connectivity index (χ1n) is 7.88. The molecule has 2 heteroatoms. The third kappa shape index (κ3) is 3.57. The van der Waals surface area contributed by atoms with Crippen LogP contribution in [0.1, 0.15) is 24.5 Å². The first kappa shape index (κ1) is 14.8. The Bertz CT molecular complexity index is 663. The monoisotopic (exact) mass is 291 g/mol. The van der Waals surface area contributed by atoms with Gasteiger partial charge in [-0.3, -0.25) is 4.90 Å². The van der Waals surface area contributed by atoms with E-state index < -0.39 is 6.10 Å². The Morgan fingerprint density at radius 1 is 0.955 bits per heavy atom. The van der Waals surface area contributed by atoms with Crippen LogP contribution in [0.2, 0.25) is 0 Å².